The smallest absolute Gasteiger partial charge is 0.378 e. The Morgan fingerprint density at radius 1 is 0.914 bits per heavy atom. The number of hydrogen-bond acceptors (Lipinski definition) is 3. The van der Waals surface area contributed by atoms with Crippen LogP contribution < -0.4 is 15.5 Å². The molecule has 1 aliphatic rings. The largest absolute Gasteiger partial charge is 0.416 e. The SMILES string of the molecule is CC(=O)Nc1cccc(-c2ccc3c(c2)[C@H](Nc2cccc(C(F)(F)F)c2)C[C@H](C)N3C(C)=O)c1. The van der Waals surface area contributed by atoms with E-state index in [0.717, 1.165) is 34.5 Å². The Labute approximate surface area is 202 Å². The molecule has 5 nitrogen and oxygen atoms in total. The maximum Gasteiger partial charge on any atom is 0.416 e. The predicted molar refractivity (Wildman–Crippen MR) is 131 cm³/mol. The van der Waals surface area contributed by atoms with E-state index < -0.39 is 11.7 Å². The lowest BCUT2D eigenvalue weighted by Crippen LogP contribution is -2.43. The minimum atomic E-state index is -4.44. The van der Waals surface area contributed by atoms with Gasteiger partial charge in [-0.2, -0.15) is 13.2 Å². The molecule has 0 saturated carbocycles. The van der Waals surface area contributed by atoms with Crippen LogP contribution in [-0.4, -0.2) is 17.9 Å². The van der Waals surface area contributed by atoms with Gasteiger partial charge >= 0.3 is 6.18 Å². The predicted octanol–water partition coefficient (Wildman–Crippen LogP) is 6.63. The number of nitrogens with one attached hydrogen (secondary N) is 2. The number of carbonyl (C=O) groups excluding carboxylic acids is 2. The molecule has 8 heteroatoms. The Hall–Kier alpha value is -3.81. The molecule has 3 aromatic carbocycles. The summed E-state index contributed by atoms with van der Waals surface area (Å²) in [6.07, 6.45) is -3.91. The van der Waals surface area contributed by atoms with Crippen molar-refractivity contribution >= 4 is 28.9 Å². The molecule has 4 rings (SSSR count). The van der Waals surface area contributed by atoms with Crippen LogP contribution in [0.15, 0.2) is 66.7 Å². The van der Waals surface area contributed by atoms with Crippen molar-refractivity contribution < 1.29 is 22.8 Å². The first-order valence-corrected chi connectivity index (χ1v) is 11.3. The molecule has 2 atom stereocenters. The maximum absolute atomic E-state index is 13.2. The maximum atomic E-state index is 13.2. The van der Waals surface area contributed by atoms with Gasteiger partial charge in [0.2, 0.25) is 11.8 Å². The topological polar surface area (TPSA) is 61.4 Å². The molecule has 0 aromatic heterocycles. The van der Waals surface area contributed by atoms with Crippen molar-refractivity contribution in [1.82, 2.24) is 0 Å². The van der Waals surface area contributed by atoms with E-state index in [-0.39, 0.29) is 23.9 Å². The highest BCUT2D eigenvalue weighted by molar-refractivity contribution is 5.94. The zero-order valence-electron chi connectivity index (χ0n) is 19.6. The van der Waals surface area contributed by atoms with Crippen molar-refractivity contribution in [3.05, 3.63) is 77.9 Å². The fraction of sp³-hybridized carbons (Fsp3) is 0.259. The number of fused-ring (bicyclic) bond motifs is 1. The van der Waals surface area contributed by atoms with Gasteiger partial charge in [0, 0.05) is 37.0 Å². The molecule has 0 saturated heterocycles. The van der Waals surface area contributed by atoms with Crippen molar-refractivity contribution in [3.8, 4) is 11.1 Å². The van der Waals surface area contributed by atoms with Gasteiger partial charge in [0.25, 0.3) is 0 Å². The van der Waals surface area contributed by atoms with Crippen LogP contribution in [0, 0.1) is 0 Å². The number of benzene rings is 3. The van der Waals surface area contributed by atoms with Crippen LogP contribution >= 0.6 is 0 Å². The van der Waals surface area contributed by atoms with Crippen LogP contribution in [-0.2, 0) is 15.8 Å². The van der Waals surface area contributed by atoms with E-state index in [2.05, 4.69) is 10.6 Å². The van der Waals surface area contributed by atoms with E-state index in [9.17, 15) is 22.8 Å². The highest BCUT2D eigenvalue weighted by Gasteiger charge is 2.34. The van der Waals surface area contributed by atoms with Crippen LogP contribution in [0.25, 0.3) is 11.1 Å². The molecule has 2 N–H and O–H groups in total. The number of nitrogens with zero attached hydrogens (tertiary/aromatic N) is 1. The van der Waals surface area contributed by atoms with E-state index in [1.165, 1.54) is 19.9 Å². The molecular formula is C27H26F3N3O2. The van der Waals surface area contributed by atoms with E-state index in [1.54, 1.807) is 17.0 Å². The molecule has 182 valence electrons. The highest BCUT2D eigenvalue weighted by Crippen LogP contribution is 2.42. The van der Waals surface area contributed by atoms with E-state index in [0.29, 0.717) is 17.8 Å². The number of alkyl halides is 3. The van der Waals surface area contributed by atoms with Gasteiger partial charge in [0.1, 0.15) is 0 Å². The fourth-order valence-electron chi connectivity index (χ4n) is 4.63. The van der Waals surface area contributed by atoms with Gasteiger partial charge in [-0.15, -0.1) is 0 Å². The van der Waals surface area contributed by atoms with Gasteiger partial charge < -0.3 is 15.5 Å². The van der Waals surface area contributed by atoms with Crippen LogP contribution in [0.1, 0.15) is 44.4 Å². The molecule has 1 aliphatic heterocycles. The van der Waals surface area contributed by atoms with Gasteiger partial charge in [0.05, 0.1) is 11.6 Å². The first kappa shape index (κ1) is 24.3. The number of anilines is 3. The highest BCUT2D eigenvalue weighted by atomic mass is 19.4. The van der Waals surface area contributed by atoms with Crippen LogP contribution in [0.4, 0.5) is 30.2 Å². The normalized spacial score (nSPS) is 17.5. The number of carbonyl (C=O) groups is 2. The summed E-state index contributed by atoms with van der Waals surface area (Å²) < 4.78 is 39.7. The summed E-state index contributed by atoms with van der Waals surface area (Å²) in [6.45, 7) is 4.87. The first-order valence-electron chi connectivity index (χ1n) is 11.3. The third-order valence-corrected chi connectivity index (χ3v) is 6.07. The van der Waals surface area contributed by atoms with Crippen molar-refractivity contribution in [2.24, 2.45) is 0 Å². The summed E-state index contributed by atoms with van der Waals surface area (Å²) >= 11 is 0. The molecule has 0 unspecified atom stereocenters. The molecule has 0 radical (unpaired) electrons. The molecule has 35 heavy (non-hydrogen) atoms. The van der Waals surface area contributed by atoms with Crippen molar-refractivity contribution in [1.29, 1.82) is 0 Å². The third-order valence-electron chi connectivity index (χ3n) is 6.07. The van der Waals surface area contributed by atoms with Crippen LogP contribution in [0.3, 0.4) is 0 Å². The summed E-state index contributed by atoms with van der Waals surface area (Å²) in [5.74, 6) is -0.277. The number of halogens is 3. The Balaban J connectivity index is 1.75. The first-order chi connectivity index (χ1) is 16.5. The quantitative estimate of drug-likeness (QED) is 0.440. The second kappa shape index (κ2) is 9.44. The summed E-state index contributed by atoms with van der Waals surface area (Å²) in [5.41, 5.74) is 3.57. The Morgan fingerprint density at radius 2 is 1.60 bits per heavy atom. The van der Waals surface area contributed by atoms with Crippen LogP contribution in [0.5, 0.6) is 0 Å². The molecule has 0 aliphatic carbocycles. The number of rotatable bonds is 4. The number of hydrogen-bond donors (Lipinski definition) is 2. The standard InChI is InChI=1S/C27H26F3N3O2/c1-16-12-25(32-23-9-5-7-21(15-23)27(28,29)30)24-14-20(10-11-26(24)33(16)18(3)35)19-6-4-8-22(13-19)31-17(2)34/h4-11,13-16,25,32H,12H2,1-3H3,(H,31,34)/t16-,25+/m0/s1. The van der Waals surface area contributed by atoms with Crippen LogP contribution in [0.2, 0.25) is 0 Å². The van der Waals surface area contributed by atoms with Crippen molar-refractivity contribution in [3.63, 3.8) is 0 Å². The fourth-order valence-corrected chi connectivity index (χ4v) is 4.63. The van der Waals surface area contributed by atoms with Gasteiger partial charge in [-0.25, -0.2) is 0 Å². The van der Waals surface area contributed by atoms with E-state index >= 15 is 0 Å². The van der Waals surface area contributed by atoms with E-state index in [1.807, 2.05) is 43.3 Å². The minimum absolute atomic E-state index is 0.100. The minimum Gasteiger partial charge on any atom is -0.378 e. The summed E-state index contributed by atoms with van der Waals surface area (Å²) in [6, 6.07) is 17.8. The molecule has 0 fully saturated rings. The second-order valence-electron chi connectivity index (χ2n) is 8.78. The zero-order chi connectivity index (χ0) is 25.3. The summed E-state index contributed by atoms with van der Waals surface area (Å²) in [5, 5.41) is 6.03. The lowest BCUT2D eigenvalue weighted by molar-refractivity contribution is -0.137. The molecule has 0 bridgehead atoms. The van der Waals surface area contributed by atoms with Gasteiger partial charge in [0.15, 0.2) is 0 Å². The lowest BCUT2D eigenvalue weighted by Gasteiger charge is -2.40. The van der Waals surface area contributed by atoms with Gasteiger partial charge in [-0.1, -0.05) is 24.3 Å². The Morgan fingerprint density at radius 3 is 2.29 bits per heavy atom. The molecule has 0 spiro atoms. The second-order valence-corrected chi connectivity index (χ2v) is 8.78. The Kier molecular flexibility index (Phi) is 6.56. The lowest BCUT2D eigenvalue weighted by atomic mass is 9.88. The Bertz CT molecular complexity index is 1270. The van der Waals surface area contributed by atoms with Crippen molar-refractivity contribution in [2.45, 2.75) is 45.5 Å². The molecule has 3 aromatic rings. The van der Waals surface area contributed by atoms with Gasteiger partial charge in [-0.3, -0.25) is 9.59 Å². The molecular weight excluding hydrogens is 455 g/mol. The van der Waals surface area contributed by atoms with Crippen molar-refractivity contribution in [2.75, 3.05) is 15.5 Å². The monoisotopic (exact) mass is 481 g/mol. The average molecular weight is 482 g/mol. The van der Waals surface area contributed by atoms with E-state index in [4.69, 9.17) is 0 Å². The molecule has 1 heterocycles. The zero-order valence-corrected chi connectivity index (χ0v) is 19.6. The average Bonchev–Trinajstić information content (AvgIpc) is 2.78. The third kappa shape index (κ3) is 5.31. The van der Waals surface area contributed by atoms with Gasteiger partial charge in [-0.05, 0) is 72.5 Å². The molecule has 2 amide bonds. The number of amides is 2. The summed E-state index contributed by atoms with van der Waals surface area (Å²) in [7, 11) is 0. The summed E-state index contributed by atoms with van der Waals surface area (Å²) in [4.78, 5) is 25.6.